The van der Waals surface area contributed by atoms with Gasteiger partial charge in [-0.3, -0.25) is 4.79 Å². The molecule has 0 spiro atoms. The second-order valence-electron chi connectivity index (χ2n) is 9.54. The van der Waals surface area contributed by atoms with Crippen LogP contribution in [0.15, 0.2) is 53.4 Å². The molecule has 1 amide bonds. The highest BCUT2D eigenvalue weighted by molar-refractivity contribution is 7.89. The Kier molecular flexibility index (Phi) is 7.91. The Morgan fingerprint density at radius 3 is 2.63 bits per heavy atom. The fraction of sp³-hybridized carbons (Fsp3) is 0.481. The van der Waals surface area contributed by atoms with Gasteiger partial charge >= 0.3 is 0 Å². The third-order valence-corrected chi connectivity index (χ3v) is 8.70. The maximum Gasteiger partial charge on any atom is 0.242 e. The molecule has 8 heteroatoms. The molecule has 35 heavy (non-hydrogen) atoms. The van der Waals surface area contributed by atoms with E-state index < -0.39 is 10.0 Å². The van der Waals surface area contributed by atoms with Crippen LogP contribution in [-0.4, -0.2) is 59.8 Å². The fourth-order valence-corrected chi connectivity index (χ4v) is 5.83. The topological polar surface area (TPSA) is 75.5 Å². The second-order valence-corrected chi connectivity index (χ2v) is 11.7. The molecule has 2 heterocycles. The Bertz CT molecular complexity index is 1270. The van der Waals surface area contributed by atoms with Crippen molar-refractivity contribution in [2.75, 3.05) is 20.6 Å². The van der Waals surface area contributed by atoms with Crippen molar-refractivity contribution in [3.63, 3.8) is 0 Å². The molecule has 0 saturated carbocycles. The molecular weight excluding hydrogens is 460 g/mol. The van der Waals surface area contributed by atoms with E-state index in [1.165, 1.54) is 24.0 Å². The molecule has 1 aliphatic rings. The van der Waals surface area contributed by atoms with Gasteiger partial charge in [-0.05, 0) is 49.4 Å². The first-order valence-electron chi connectivity index (χ1n) is 12.6. The quantitative estimate of drug-likeness (QED) is 0.420. The Morgan fingerprint density at radius 2 is 1.91 bits per heavy atom. The van der Waals surface area contributed by atoms with Crippen molar-refractivity contribution in [3.05, 3.63) is 59.9 Å². The maximum absolute atomic E-state index is 13.2. The van der Waals surface area contributed by atoms with Gasteiger partial charge in [0.25, 0.3) is 0 Å². The highest BCUT2D eigenvalue weighted by atomic mass is 32.2. The van der Waals surface area contributed by atoms with Crippen molar-refractivity contribution in [2.24, 2.45) is 0 Å². The summed E-state index contributed by atoms with van der Waals surface area (Å²) in [6.07, 6.45) is 5.96. The lowest BCUT2D eigenvalue weighted by molar-refractivity contribution is -0.132. The van der Waals surface area contributed by atoms with Gasteiger partial charge in [0.1, 0.15) is 5.82 Å². The average Bonchev–Trinajstić information content (AvgIpc) is 3.45. The molecule has 1 unspecified atom stereocenters. The van der Waals surface area contributed by atoms with Gasteiger partial charge in [-0.2, -0.15) is 0 Å². The smallest absolute Gasteiger partial charge is 0.242 e. The first-order chi connectivity index (χ1) is 16.8. The van der Waals surface area contributed by atoms with Crippen molar-refractivity contribution in [1.82, 2.24) is 18.8 Å². The number of benzene rings is 2. The summed E-state index contributed by atoms with van der Waals surface area (Å²) < 4.78 is 28.6. The van der Waals surface area contributed by atoms with Crippen LogP contribution in [0, 0.1) is 0 Å². The molecule has 1 fully saturated rings. The summed E-state index contributed by atoms with van der Waals surface area (Å²) in [5, 5.41) is 0. The van der Waals surface area contributed by atoms with Crippen molar-refractivity contribution >= 4 is 27.0 Å². The summed E-state index contributed by atoms with van der Waals surface area (Å²) in [5.41, 5.74) is 2.85. The molecule has 1 atom stereocenters. The Labute approximate surface area is 208 Å². The van der Waals surface area contributed by atoms with Crippen LogP contribution in [0.4, 0.5) is 0 Å². The Balaban J connectivity index is 1.52. The van der Waals surface area contributed by atoms with E-state index in [2.05, 4.69) is 23.6 Å². The van der Waals surface area contributed by atoms with Gasteiger partial charge in [0.15, 0.2) is 0 Å². The molecule has 2 aromatic carbocycles. The number of hydrogen-bond acceptors (Lipinski definition) is 4. The molecule has 1 aromatic heterocycles. The van der Waals surface area contributed by atoms with E-state index >= 15 is 0 Å². The summed E-state index contributed by atoms with van der Waals surface area (Å²) in [6.45, 7) is 3.76. The minimum Gasteiger partial charge on any atom is -0.339 e. The Morgan fingerprint density at radius 1 is 1.14 bits per heavy atom. The number of rotatable bonds is 10. The zero-order chi connectivity index (χ0) is 25.0. The molecule has 1 aliphatic heterocycles. The van der Waals surface area contributed by atoms with Crippen LogP contribution in [0.25, 0.3) is 11.0 Å². The minimum atomic E-state index is -3.53. The number of fused-ring (bicyclic) bond motifs is 1. The van der Waals surface area contributed by atoms with E-state index in [0.29, 0.717) is 18.4 Å². The molecule has 0 N–H and O–H groups in total. The number of sulfonamides is 1. The maximum atomic E-state index is 13.2. The van der Waals surface area contributed by atoms with Crippen LogP contribution >= 0.6 is 0 Å². The van der Waals surface area contributed by atoms with Crippen LogP contribution in [-0.2, 0) is 34.2 Å². The predicted molar refractivity (Wildman–Crippen MR) is 139 cm³/mol. The summed E-state index contributed by atoms with van der Waals surface area (Å²) in [4.78, 5) is 20.3. The van der Waals surface area contributed by atoms with E-state index in [0.717, 1.165) is 56.5 Å². The number of hydrogen-bond donors (Lipinski definition) is 0. The zero-order valence-corrected chi connectivity index (χ0v) is 21.8. The van der Waals surface area contributed by atoms with E-state index in [1.807, 2.05) is 29.2 Å². The molecule has 3 aromatic rings. The van der Waals surface area contributed by atoms with Gasteiger partial charge < -0.3 is 9.47 Å². The lowest BCUT2D eigenvalue weighted by Gasteiger charge is -2.25. The van der Waals surface area contributed by atoms with Gasteiger partial charge in [-0.15, -0.1) is 0 Å². The molecule has 0 aliphatic carbocycles. The monoisotopic (exact) mass is 496 g/mol. The summed E-state index contributed by atoms with van der Waals surface area (Å²) in [5.74, 6) is 1.02. The number of imidazole rings is 1. The molecule has 7 nitrogen and oxygen atoms in total. The van der Waals surface area contributed by atoms with Crippen molar-refractivity contribution in [1.29, 1.82) is 0 Å². The van der Waals surface area contributed by atoms with Crippen molar-refractivity contribution < 1.29 is 13.2 Å². The first kappa shape index (κ1) is 25.4. The summed E-state index contributed by atoms with van der Waals surface area (Å²) in [6, 6.07) is 15.8. The van der Waals surface area contributed by atoms with Gasteiger partial charge in [-0.25, -0.2) is 17.7 Å². The minimum absolute atomic E-state index is 0.174. The van der Waals surface area contributed by atoms with Crippen LogP contribution in [0.2, 0.25) is 0 Å². The number of aromatic nitrogens is 2. The van der Waals surface area contributed by atoms with Gasteiger partial charge in [0.05, 0.1) is 15.9 Å². The number of amides is 1. The highest BCUT2D eigenvalue weighted by Gasteiger charge is 2.29. The normalized spacial score (nSPS) is 16.5. The number of aryl methyl sites for hydroxylation is 2. The van der Waals surface area contributed by atoms with Crippen LogP contribution in [0.1, 0.15) is 50.4 Å². The number of carbonyl (C=O) groups excluding carboxylic acids is 1. The van der Waals surface area contributed by atoms with Gasteiger partial charge in [0.2, 0.25) is 15.9 Å². The van der Waals surface area contributed by atoms with E-state index in [4.69, 9.17) is 4.98 Å². The average molecular weight is 497 g/mol. The highest BCUT2D eigenvalue weighted by Crippen LogP contribution is 2.25. The van der Waals surface area contributed by atoms with Crippen molar-refractivity contribution in [3.8, 4) is 0 Å². The SMILES string of the molecule is CCCCn1c(CCC(=O)N2CCCC2Cc2ccccc2)nc2cc(S(=O)(=O)N(C)C)ccc21. The van der Waals surface area contributed by atoms with Crippen LogP contribution in [0.3, 0.4) is 0 Å². The van der Waals surface area contributed by atoms with Crippen LogP contribution < -0.4 is 0 Å². The van der Waals surface area contributed by atoms with E-state index in [-0.39, 0.29) is 16.8 Å². The molecule has 1 saturated heterocycles. The zero-order valence-electron chi connectivity index (χ0n) is 21.0. The summed E-state index contributed by atoms with van der Waals surface area (Å²) in [7, 11) is -0.479. The molecular formula is C27H36N4O3S. The lowest BCUT2D eigenvalue weighted by atomic mass is 10.0. The fourth-order valence-electron chi connectivity index (χ4n) is 4.91. The standard InChI is InChI=1S/C27H36N4O3S/c1-4-5-17-31-25-14-13-23(35(33,34)29(2)3)20-24(25)28-26(31)15-16-27(32)30-18-9-12-22(30)19-21-10-7-6-8-11-21/h6-8,10-11,13-14,20,22H,4-5,9,12,15-19H2,1-3H3. The number of nitrogens with zero attached hydrogens (tertiary/aromatic N) is 4. The number of unbranched alkanes of at least 4 members (excludes halogenated alkanes) is 1. The van der Waals surface area contributed by atoms with Crippen LogP contribution in [0.5, 0.6) is 0 Å². The number of carbonyl (C=O) groups is 1. The van der Waals surface area contributed by atoms with Gasteiger partial charge in [-0.1, -0.05) is 43.7 Å². The van der Waals surface area contributed by atoms with Gasteiger partial charge in [0, 0.05) is 46.1 Å². The summed E-state index contributed by atoms with van der Waals surface area (Å²) >= 11 is 0. The molecule has 0 radical (unpaired) electrons. The number of likely N-dealkylation sites (tertiary alicyclic amines) is 1. The van der Waals surface area contributed by atoms with Crippen molar-refractivity contribution in [2.45, 2.75) is 69.4 Å². The van der Waals surface area contributed by atoms with E-state index in [9.17, 15) is 13.2 Å². The largest absolute Gasteiger partial charge is 0.339 e. The second kappa shape index (κ2) is 10.9. The predicted octanol–water partition coefficient (Wildman–Crippen LogP) is 4.25. The Hall–Kier alpha value is -2.71. The van der Waals surface area contributed by atoms with E-state index in [1.54, 1.807) is 12.1 Å². The molecule has 0 bridgehead atoms. The molecule has 188 valence electrons. The third kappa shape index (κ3) is 5.59. The lowest BCUT2D eigenvalue weighted by Crippen LogP contribution is -2.37. The first-order valence-corrected chi connectivity index (χ1v) is 14.0. The molecule has 4 rings (SSSR count). The third-order valence-electron chi connectivity index (χ3n) is 6.89.